The molecule has 0 aliphatic carbocycles. The lowest BCUT2D eigenvalue weighted by Gasteiger charge is -1.87. The van der Waals surface area contributed by atoms with Gasteiger partial charge < -0.3 is 5.11 Å². The zero-order valence-electron chi connectivity index (χ0n) is 6.32. The summed E-state index contributed by atoms with van der Waals surface area (Å²) in [6, 6.07) is 3.37. The summed E-state index contributed by atoms with van der Waals surface area (Å²) in [7, 11) is 0. The Bertz CT molecular complexity index is 403. The van der Waals surface area contributed by atoms with Gasteiger partial charge in [0.1, 0.15) is 11.6 Å². The van der Waals surface area contributed by atoms with Crippen LogP contribution in [0.2, 0.25) is 0 Å². The van der Waals surface area contributed by atoms with E-state index in [0.717, 1.165) is 9.35 Å². The highest BCUT2D eigenvalue weighted by Crippen LogP contribution is 2.22. The van der Waals surface area contributed by atoms with E-state index >= 15 is 0 Å². The number of halogens is 1. The Balaban J connectivity index is 3.00. The van der Waals surface area contributed by atoms with Crippen LogP contribution < -0.4 is 0 Å². The van der Waals surface area contributed by atoms with E-state index in [1.54, 1.807) is 17.5 Å². The van der Waals surface area contributed by atoms with Crippen molar-refractivity contribution in [2.45, 2.75) is 0 Å². The summed E-state index contributed by atoms with van der Waals surface area (Å²) in [6.45, 7) is 0. The van der Waals surface area contributed by atoms with Gasteiger partial charge in [-0.3, -0.25) is 0 Å². The molecule has 1 aromatic heterocycles. The van der Waals surface area contributed by atoms with Crippen molar-refractivity contribution in [3.8, 4) is 6.07 Å². The van der Waals surface area contributed by atoms with Crippen molar-refractivity contribution in [2.75, 3.05) is 0 Å². The Labute approximate surface area is 87.1 Å². The molecule has 0 aliphatic rings. The van der Waals surface area contributed by atoms with Gasteiger partial charge in [0.2, 0.25) is 0 Å². The SMILES string of the molecule is N#C/C(=C/c1csc(Br)c1)C(=O)O. The minimum absolute atomic E-state index is 0.259. The quantitative estimate of drug-likeness (QED) is 0.654. The van der Waals surface area contributed by atoms with Crippen molar-refractivity contribution in [1.29, 1.82) is 5.26 Å². The van der Waals surface area contributed by atoms with E-state index < -0.39 is 5.97 Å². The van der Waals surface area contributed by atoms with Gasteiger partial charge in [0.25, 0.3) is 0 Å². The third-order valence-electron chi connectivity index (χ3n) is 1.25. The van der Waals surface area contributed by atoms with Crippen LogP contribution in [-0.4, -0.2) is 11.1 Å². The molecule has 0 saturated carbocycles. The molecule has 0 amide bonds. The molecule has 0 radical (unpaired) electrons. The summed E-state index contributed by atoms with van der Waals surface area (Å²) in [6.07, 6.45) is 1.34. The van der Waals surface area contributed by atoms with Crippen molar-refractivity contribution < 1.29 is 9.90 Å². The first-order valence-electron chi connectivity index (χ1n) is 3.22. The van der Waals surface area contributed by atoms with Crippen LogP contribution in [0, 0.1) is 11.3 Å². The van der Waals surface area contributed by atoms with E-state index in [1.807, 2.05) is 0 Å². The molecule has 0 saturated heterocycles. The number of hydrogen-bond acceptors (Lipinski definition) is 3. The van der Waals surface area contributed by atoms with Crippen LogP contribution in [0.3, 0.4) is 0 Å². The molecule has 66 valence electrons. The van der Waals surface area contributed by atoms with E-state index in [2.05, 4.69) is 15.9 Å². The van der Waals surface area contributed by atoms with Crippen LogP contribution in [0.4, 0.5) is 0 Å². The lowest BCUT2D eigenvalue weighted by Crippen LogP contribution is -1.96. The monoisotopic (exact) mass is 257 g/mol. The van der Waals surface area contributed by atoms with Crippen molar-refractivity contribution in [3.05, 3.63) is 26.4 Å². The second-order valence-electron chi connectivity index (χ2n) is 2.16. The van der Waals surface area contributed by atoms with E-state index in [-0.39, 0.29) is 5.57 Å². The average Bonchev–Trinajstić information content (AvgIpc) is 2.46. The second kappa shape index (κ2) is 4.21. The van der Waals surface area contributed by atoms with Gasteiger partial charge in [-0.15, -0.1) is 11.3 Å². The van der Waals surface area contributed by atoms with Gasteiger partial charge in [-0.05, 0) is 39.0 Å². The smallest absolute Gasteiger partial charge is 0.346 e. The Morgan fingerprint density at radius 3 is 2.85 bits per heavy atom. The lowest BCUT2D eigenvalue weighted by molar-refractivity contribution is -0.132. The number of thiophene rings is 1. The topological polar surface area (TPSA) is 61.1 Å². The maximum atomic E-state index is 10.4. The van der Waals surface area contributed by atoms with E-state index in [9.17, 15) is 4.79 Å². The highest BCUT2D eigenvalue weighted by atomic mass is 79.9. The number of aliphatic carboxylic acids is 1. The Morgan fingerprint density at radius 2 is 2.46 bits per heavy atom. The van der Waals surface area contributed by atoms with Crippen LogP contribution in [-0.2, 0) is 4.79 Å². The summed E-state index contributed by atoms with van der Waals surface area (Å²) >= 11 is 4.68. The molecule has 1 aromatic rings. The van der Waals surface area contributed by atoms with Gasteiger partial charge in [0.05, 0.1) is 3.79 Å². The number of hydrogen-bond donors (Lipinski definition) is 1. The first-order valence-corrected chi connectivity index (χ1v) is 4.90. The first kappa shape index (κ1) is 9.96. The van der Waals surface area contributed by atoms with Gasteiger partial charge in [-0.2, -0.15) is 5.26 Å². The zero-order chi connectivity index (χ0) is 9.84. The van der Waals surface area contributed by atoms with Gasteiger partial charge in [-0.1, -0.05) is 0 Å². The predicted molar refractivity (Wildman–Crippen MR) is 53.2 cm³/mol. The van der Waals surface area contributed by atoms with Crippen molar-refractivity contribution in [3.63, 3.8) is 0 Å². The zero-order valence-corrected chi connectivity index (χ0v) is 8.72. The molecule has 0 fully saturated rings. The van der Waals surface area contributed by atoms with E-state index in [0.29, 0.717) is 0 Å². The summed E-state index contributed by atoms with van der Waals surface area (Å²) in [5, 5.41) is 18.8. The van der Waals surface area contributed by atoms with Gasteiger partial charge in [0, 0.05) is 0 Å². The summed E-state index contributed by atoms with van der Waals surface area (Å²) in [4.78, 5) is 10.4. The number of nitriles is 1. The number of carboxylic acids is 1. The summed E-state index contributed by atoms with van der Waals surface area (Å²) < 4.78 is 0.904. The van der Waals surface area contributed by atoms with Crippen LogP contribution in [0.15, 0.2) is 20.8 Å². The van der Waals surface area contributed by atoms with E-state index in [4.69, 9.17) is 10.4 Å². The molecule has 5 heteroatoms. The van der Waals surface area contributed by atoms with Crippen LogP contribution >= 0.6 is 27.3 Å². The highest BCUT2D eigenvalue weighted by Gasteiger charge is 2.05. The molecule has 3 nitrogen and oxygen atoms in total. The fourth-order valence-corrected chi connectivity index (χ4v) is 1.84. The number of rotatable bonds is 2. The molecule has 13 heavy (non-hydrogen) atoms. The molecule has 0 atom stereocenters. The lowest BCUT2D eigenvalue weighted by atomic mass is 10.2. The molecule has 1 rings (SSSR count). The van der Waals surface area contributed by atoms with Crippen LogP contribution in [0.5, 0.6) is 0 Å². The van der Waals surface area contributed by atoms with E-state index in [1.165, 1.54) is 17.4 Å². The minimum atomic E-state index is -1.20. The van der Waals surface area contributed by atoms with Crippen molar-refractivity contribution in [1.82, 2.24) is 0 Å². The third kappa shape index (κ3) is 2.68. The molecule has 0 aromatic carbocycles. The largest absolute Gasteiger partial charge is 0.477 e. The summed E-state index contributed by atoms with van der Waals surface area (Å²) in [5.41, 5.74) is 0.459. The number of carboxylic acid groups (broad SMARTS) is 1. The molecule has 1 N–H and O–H groups in total. The number of nitrogens with zero attached hydrogens (tertiary/aromatic N) is 1. The fourth-order valence-electron chi connectivity index (χ4n) is 0.708. The fraction of sp³-hybridized carbons (Fsp3) is 0. The second-order valence-corrected chi connectivity index (χ2v) is 4.45. The maximum absolute atomic E-state index is 10.4. The molecule has 0 bridgehead atoms. The molecule has 0 aliphatic heterocycles. The molecule has 0 spiro atoms. The normalized spacial score (nSPS) is 10.9. The predicted octanol–water partition coefficient (Wildman–Crippen LogP) is 2.50. The number of carbonyl (C=O) groups is 1. The van der Waals surface area contributed by atoms with Crippen LogP contribution in [0.1, 0.15) is 5.56 Å². The molecule has 0 unspecified atom stereocenters. The van der Waals surface area contributed by atoms with Crippen molar-refractivity contribution >= 4 is 39.3 Å². The third-order valence-corrected chi connectivity index (χ3v) is 2.77. The standard InChI is InChI=1S/C8H4BrNO2S/c9-7-2-5(4-13-7)1-6(3-10)8(11)12/h1-2,4H,(H,11,12)/b6-1-. The minimum Gasteiger partial charge on any atom is -0.477 e. The maximum Gasteiger partial charge on any atom is 0.346 e. The molecular formula is C8H4BrNO2S. The highest BCUT2D eigenvalue weighted by molar-refractivity contribution is 9.11. The molecular weight excluding hydrogens is 254 g/mol. The Kier molecular flexibility index (Phi) is 3.23. The molecule has 1 heterocycles. The first-order chi connectivity index (χ1) is 6.13. The van der Waals surface area contributed by atoms with Gasteiger partial charge >= 0.3 is 5.97 Å². The summed E-state index contributed by atoms with van der Waals surface area (Å²) in [5.74, 6) is -1.20. The Hall–Kier alpha value is -1.12. The average molecular weight is 258 g/mol. The Morgan fingerprint density at radius 1 is 1.77 bits per heavy atom. The van der Waals surface area contributed by atoms with Crippen molar-refractivity contribution in [2.24, 2.45) is 0 Å². The van der Waals surface area contributed by atoms with Crippen LogP contribution in [0.25, 0.3) is 6.08 Å². The van der Waals surface area contributed by atoms with Gasteiger partial charge in [0.15, 0.2) is 0 Å². The van der Waals surface area contributed by atoms with Gasteiger partial charge in [-0.25, -0.2) is 4.79 Å².